The number of hydrogen-bond donors (Lipinski definition) is 3. The lowest BCUT2D eigenvalue weighted by molar-refractivity contribution is -0.138. The zero-order chi connectivity index (χ0) is 16.1. The number of carbonyl (C=O) groups is 2. The highest BCUT2D eigenvalue weighted by Gasteiger charge is 2.27. The van der Waals surface area contributed by atoms with E-state index in [1.165, 1.54) is 4.90 Å². The lowest BCUT2D eigenvalue weighted by atomic mass is 10.1. The van der Waals surface area contributed by atoms with Gasteiger partial charge in [-0.1, -0.05) is 0 Å². The molecular weight excluding hydrogens is 286 g/mol. The van der Waals surface area contributed by atoms with Crippen molar-refractivity contribution in [2.75, 3.05) is 18.4 Å². The molecule has 7 nitrogen and oxygen atoms in total. The maximum atomic E-state index is 12.0. The second-order valence-electron chi connectivity index (χ2n) is 5.61. The number of piperidine rings is 1. The third-order valence-corrected chi connectivity index (χ3v) is 3.51. The highest BCUT2D eigenvalue weighted by atomic mass is 16.3. The van der Waals surface area contributed by atoms with Crippen molar-refractivity contribution >= 4 is 17.6 Å². The number of aryl methyl sites for hydroxylation is 1. The van der Waals surface area contributed by atoms with Gasteiger partial charge in [0.1, 0.15) is 5.82 Å². The van der Waals surface area contributed by atoms with E-state index in [-0.39, 0.29) is 44.2 Å². The number of likely N-dealkylation sites (tertiary alicyclic amines) is 1. The predicted octanol–water partition coefficient (Wildman–Crippen LogP) is 0.0628. The van der Waals surface area contributed by atoms with Gasteiger partial charge in [0.2, 0.25) is 11.8 Å². The van der Waals surface area contributed by atoms with Crippen LogP contribution in [0, 0.1) is 6.92 Å². The van der Waals surface area contributed by atoms with Crippen LogP contribution in [0.2, 0.25) is 0 Å². The van der Waals surface area contributed by atoms with E-state index >= 15 is 0 Å². The van der Waals surface area contributed by atoms with Gasteiger partial charge < -0.3 is 20.4 Å². The fourth-order valence-corrected chi connectivity index (χ4v) is 2.44. The first-order valence-corrected chi connectivity index (χ1v) is 7.30. The van der Waals surface area contributed by atoms with Gasteiger partial charge in [0.05, 0.1) is 12.2 Å². The molecule has 1 aromatic rings. The van der Waals surface area contributed by atoms with E-state index in [9.17, 15) is 19.8 Å². The molecule has 0 spiro atoms. The van der Waals surface area contributed by atoms with Crippen LogP contribution in [0.25, 0.3) is 0 Å². The number of rotatable bonds is 4. The van der Waals surface area contributed by atoms with Crippen LogP contribution in [0.5, 0.6) is 0 Å². The quantitative estimate of drug-likeness (QED) is 0.730. The normalized spacial score (nSPS) is 21.5. The Morgan fingerprint density at radius 3 is 2.64 bits per heavy atom. The van der Waals surface area contributed by atoms with Gasteiger partial charge in [0, 0.05) is 38.5 Å². The Bertz CT molecular complexity index is 539. The Kier molecular flexibility index (Phi) is 5.46. The average Bonchev–Trinajstić information content (AvgIpc) is 2.43. The van der Waals surface area contributed by atoms with Crippen LogP contribution in [0.4, 0.5) is 5.82 Å². The molecule has 0 unspecified atom stereocenters. The Hall–Kier alpha value is -1.99. The molecule has 0 radical (unpaired) electrons. The Labute approximate surface area is 129 Å². The highest BCUT2D eigenvalue weighted by molar-refractivity contribution is 5.92. The number of pyridine rings is 1. The average molecular weight is 307 g/mol. The number of nitrogens with one attached hydrogen (secondary N) is 1. The van der Waals surface area contributed by atoms with Gasteiger partial charge in [-0.15, -0.1) is 0 Å². The van der Waals surface area contributed by atoms with Gasteiger partial charge in [0.25, 0.3) is 0 Å². The molecule has 1 saturated heterocycles. The number of aliphatic hydroxyl groups is 2. The van der Waals surface area contributed by atoms with Gasteiger partial charge in [-0.25, -0.2) is 4.98 Å². The number of hydrogen-bond acceptors (Lipinski definition) is 5. The molecule has 2 amide bonds. The first-order chi connectivity index (χ1) is 10.4. The van der Waals surface area contributed by atoms with E-state index in [2.05, 4.69) is 10.3 Å². The third-order valence-electron chi connectivity index (χ3n) is 3.51. The summed E-state index contributed by atoms with van der Waals surface area (Å²) in [5, 5.41) is 21.8. The molecule has 2 atom stereocenters. The van der Waals surface area contributed by atoms with Crippen LogP contribution in [-0.2, 0) is 9.59 Å². The van der Waals surface area contributed by atoms with Crippen molar-refractivity contribution in [1.29, 1.82) is 0 Å². The van der Waals surface area contributed by atoms with Crippen LogP contribution in [0.3, 0.4) is 0 Å². The van der Waals surface area contributed by atoms with Crippen molar-refractivity contribution in [2.24, 2.45) is 0 Å². The lowest BCUT2D eigenvalue weighted by Gasteiger charge is -2.33. The summed E-state index contributed by atoms with van der Waals surface area (Å²) in [6.07, 6.45) is 0.542. The molecule has 2 rings (SSSR count). The highest BCUT2D eigenvalue weighted by Crippen LogP contribution is 2.13. The van der Waals surface area contributed by atoms with Crippen molar-refractivity contribution in [2.45, 2.75) is 38.4 Å². The molecule has 1 fully saturated rings. The summed E-state index contributed by atoms with van der Waals surface area (Å²) in [5.74, 6) is -0.0732. The number of carbonyl (C=O) groups excluding carboxylic acids is 2. The van der Waals surface area contributed by atoms with E-state index < -0.39 is 12.2 Å². The van der Waals surface area contributed by atoms with E-state index in [0.717, 1.165) is 5.56 Å². The molecule has 1 aliphatic rings. The Morgan fingerprint density at radius 1 is 1.32 bits per heavy atom. The minimum Gasteiger partial charge on any atom is -0.391 e. The van der Waals surface area contributed by atoms with E-state index in [1.54, 1.807) is 12.3 Å². The molecule has 3 N–H and O–H groups in total. The lowest BCUT2D eigenvalue weighted by Crippen LogP contribution is -2.48. The number of β-amino-alcohol motifs (C(OH)–C–C–N with tert-alkyl or cyclic N) is 2. The number of aromatic nitrogens is 1. The number of nitrogens with zero attached hydrogens (tertiary/aromatic N) is 2. The molecule has 1 aromatic heterocycles. The maximum Gasteiger partial charge on any atom is 0.226 e. The zero-order valence-corrected chi connectivity index (χ0v) is 12.5. The molecule has 2 heterocycles. The Morgan fingerprint density at radius 2 is 2.00 bits per heavy atom. The number of amides is 2. The van der Waals surface area contributed by atoms with E-state index in [1.807, 2.05) is 13.0 Å². The molecule has 0 aliphatic carbocycles. The van der Waals surface area contributed by atoms with Crippen molar-refractivity contribution in [1.82, 2.24) is 9.88 Å². The summed E-state index contributed by atoms with van der Waals surface area (Å²) in [7, 11) is 0. The van der Waals surface area contributed by atoms with Gasteiger partial charge in [0.15, 0.2) is 0 Å². The minimum atomic E-state index is -0.710. The molecule has 0 aromatic carbocycles. The first-order valence-electron chi connectivity index (χ1n) is 7.30. The predicted molar refractivity (Wildman–Crippen MR) is 80.0 cm³/mol. The van der Waals surface area contributed by atoms with Crippen LogP contribution in [0.1, 0.15) is 24.8 Å². The SMILES string of the molecule is Cc1ccnc(NC(=O)CCC(=O)N2C[C@H](O)C[C@@H](O)C2)c1. The Balaban J connectivity index is 1.79. The van der Waals surface area contributed by atoms with Crippen molar-refractivity contribution in [3.05, 3.63) is 23.9 Å². The van der Waals surface area contributed by atoms with Crippen molar-refractivity contribution < 1.29 is 19.8 Å². The van der Waals surface area contributed by atoms with E-state index in [0.29, 0.717) is 5.82 Å². The van der Waals surface area contributed by atoms with Gasteiger partial charge in [-0.05, 0) is 24.6 Å². The summed E-state index contributed by atoms with van der Waals surface area (Å²) >= 11 is 0. The smallest absolute Gasteiger partial charge is 0.226 e. The molecule has 7 heteroatoms. The molecule has 0 saturated carbocycles. The van der Waals surface area contributed by atoms with Crippen molar-refractivity contribution in [3.63, 3.8) is 0 Å². The first kappa shape index (κ1) is 16.4. The minimum absolute atomic E-state index is 0.0388. The summed E-state index contributed by atoms with van der Waals surface area (Å²) in [4.78, 5) is 29.3. The van der Waals surface area contributed by atoms with Crippen LogP contribution >= 0.6 is 0 Å². The maximum absolute atomic E-state index is 12.0. The van der Waals surface area contributed by atoms with Crippen LogP contribution in [-0.4, -0.2) is 57.2 Å². The fourth-order valence-electron chi connectivity index (χ4n) is 2.44. The van der Waals surface area contributed by atoms with Gasteiger partial charge in [-0.3, -0.25) is 9.59 Å². The monoisotopic (exact) mass is 307 g/mol. The van der Waals surface area contributed by atoms with Gasteiger partial charge >= 0.3 is 0 Å². The van der Waals surface area contributed by atoms with Crippen LogP contribution in [0.15, 0.2) is 18.3 Å². The van der Waals surface area contributed by atoms with Crippen LogP contribution < -0.4 is 5.32 Å². The molecule has 1 aliphatic heterocycles. The standard InChI is InChI=1S/C15H21N3O4/c1-10-4-5-16-13(6-10)17-14(21)2-3-15(22)18-8-11(19)7-12(20)9-18/h4-6,11-12,19-20H,2-3,7-9H2,1H3,(H,16,17,21)/t11-,12-/m1/s1. The molecule has 22 heavy (non-hydrogen) atoms. The second-order valence-corrected chi connectivity index (χ2v) is 5.61. The molecule has 120 valence electrons. The second kappa shape index (κ2) is 7.33. The summed E-state index contributed by atoms with van der Waals surface area (Å²) in [6, 6.07) is 3.57. The summed E-state index contributed by atoms with van der Waals surface area (Å²) in [5.41, 5.74) is 0.984. The largest absolute Gasteiger partial charge is 0.391 e. The molecule has 0 bridgehead atoms. The zero-order valence-electron chi connectivity index (χ0n) is 12.5. The number of aliphatic hydroxyl groups excluding tert-OH is 2. The van der Waals surface area contributed by atoms with E-state index in [4.69, 9.17) is 0 Å². The number of anilines is 1. The summed E-state index contributed by atoms with van der Waals surface area (Å²) in [6.45, 7) is 2.31. The summed E-state index contributed by atoms with van der Waals surface area (Å²) < 4.78 is 0. The van der Waals surface area contributed by atoms with Gasteiger partial charge in [-0.2, -0.15) is 0 Å². The third kappa shape index (κ3) is 4.78. The van der Waals surface area contributed by atoms with Crippen molar-refractivity contribution in [3.8, 4) is 0 Å². The topological polar surface area (TPSA) is 103 Å². The fraction of sp³-hybridized carbons (Fsp3) is 0.533. The molecular formula is C15H21N3O4.